The number of carbonyl (C=O) groups excluding carboxylic acids is 1. The molecule has 1 aliphatic rings. The van der Waals surface area contributed by atoms with Crippen LogP contribution in [0.4, 0.5) is 4.79 Å². The van der Waals surface area contributed by atoms with E-state index in [4.69, 9.17) is 9.47 Å². The molecule has 0 saturated carbocycles. The van der Waals surface area contributed by atoms with Gasteiger partial charge in [-0.05, 0) is 71.4 Å². The summed E-state index contributed by atoms with van der Waals surface area (Å²) >= 11 is 0. The fraction of sp³-hybridized carbons (Fsp3) is 0.944. The van der Waals surface area contributed by atoms with Gasteiger partial charge in [0, 0.05) is 13.2 Å². The molecule has 2 unspecified atom stereocenters. The molecule has 2 N–H and O–H groups in total. The van der Waals surface area contributed by atoms with Crippen LogP contribution in [0.2, 0.25) is 0 Å². The summed E-state index contributed by atoms with van der Waals surface area (Å²) in [5, 5.41) is 6.40. The van der Waals surface area contributed by atoms with Crippen LogP contribution in [0.25, 0.3) is 0 Å². The zero-order valence-corrected chi connectivity index (χ0v) is 15.6. The standard InChI is InChI=1S/C18H36N2O3/c1-14(2)15(13-20-17(21)23-18(3,4)5)12-19-10-9-16-8-6-7-11-22-16/h14-16,19H,6-13H2,1-5H3,(H,20,21). The minimum atomic E-state index is -0.449. The summed E-state index contributed by atoms with van der Waals surface area (Å²) in [6.45, 7) is 13.4. The second-order valence-electron chi connectivity index (χ2n) is 7.87. The summed E-state index contributed by atoms with van der Waals surface area (Å²) < 4.78 is 11.0. The van der Waals surface area contributed by atoms with Crippen molar-refractivity contribution in [3.63, 3.8) is 0 Å². The molecule has 5 heteroatoms. The molecule has 1 aliphatic heterocycles. The first-order valence-electron chi connectivity index (χ1n) is 9.07. The Hall–Kier alpha value is -0.810. The van der Waals surface area contributed by atoms with Gasteiger partial charge in [0.1, 0.15) is 5.60 Å². The van der Waals surface area contributed by atoms with E-state index in [-0.39, 0.29) is 6.09 Å². The molecule has 0 aromatic heterocycles. The summed E-state index contributed by atoms with van der Waals surface area (Å²) in [6.07, 6.45) is 4.85. The Kier molecular flexibility index (Phi) is 8.92. The van der Waals surface area contributed by atoms with Crippen LogP contribution in [0.5, 0.6) is 0 Å². The Labute approximate surface area is 141 Å². The fourth-order valence-corrected chi connectivity index (χ4v) is 2.66. The van der Waals surface area contributed by atoms with E-state index in [9.17, 15) is 4.79 Å². The molecule has 1 fully saturated rings. The van der Waals surface area contributed by atoms with E-state index in [0.29, 0.717) is 24.5 Å². The van der Waals surface area contributed by atoms with E-state index < -0.39 is 5.60 Å². The third-order valence-electron chi connectivity index (χ3n) is 4.17. The minimum Gasteiger partial charge on any atom is -0.444 e. The van der Waals surface area contributed by atoms with Gasteiger partial charge in [-0.1, -0.05) is 13.8 Å². The Morgan fingerprint density at radius 2 is 2.00 bits per heavy atom. The molecule has 1 rings (SSSR count). The molecule has 2 atom stereocenters. The van der Waals surface area contributed by atoms with E-state index in [0.717, 1.165) is 26.1 Å². The highest BCUT2D eigenvalue weighted by molar-refractivity contribution is 5.67. The van der Waals surface area contributed by atoms with E-state index >= 15 is 0 Å². The molecule has 0 aromatic carbocycles. The van der Waals surface area contributed by atoms with Crippen LogP contribution in [0.1, 0.15) is 60.3 Å². The van der Waals surface area contributed by atoms with Gasteiger partial charge in [0.15, 0.2) is 0 Å². The van der Waals surface area contributed by atoms with Crippen molar-refractivity contribution < 1.29 is 14.3 Å². The normalized spacial score (nSPS) is 20.3. The van der Waals surface area contributed by atoms with Crippen molar-refractivity contribution in [3.05, 3.63) is 0 Å². The first kappa shape index (κ1) is 20.2. The third kappa shape index (κ3) is 9.82. The second-order valence-corrected chi connectivity index (χ2v) is 7.87. The number of rotatable bonds is 8. The number of carbonyl (C=O) groups is 1. The predicted molar refractivity (Wildman–Crippen MR) is 93.6 cm³/mol. The van der Waals surface area contributed by atoms with Crippen LogP contribution in [-0.4, -0.2) is 44.0 Å². The van der Waals surface area contributed by atoms with Crippen molar-refractivity contribution in [1.29, 1.82) is 0 Å². The smallest absolute Gasteiger partial charge is 0.407 e. The highest BCUT2D eigenvalue weighted by Crippen LogP contribution is 2.15. The Morgan fingerprint density at radius 3 is 2.57 bits per heavy atom. The number of nitrogens with one attached hydrogen (secondary N) is 2. The zero-order valence-electron chi connectivity index (χ0n) is 15.6. The highest BCUT2D eigenvalue weighted by Gasteiger charge is 2.19. The summed E-state index contributed by atoms with van der Waals surface area (Å²) in [5.41, 5.74) is -0.449. The van der Waals surface area contributed by atoms with E-state index in [1.165, 1.54) is 19.3 Å². The van der Waals surface area contributed by atoms with Crippen LogP contribution in [0, 0.1) is 11.8 Å². The quantitative estimate of drug-likeness (QED) is 0.671. The fourth-order valence-electron chi connectivity index (χ4n) is 2.66. The minimum absolute atomic E-state index is 0.334. The Bertz CT molecular complexity index is 334. The lowest BCUT2D eigenvalue weighted by Gasteiger charge is -2.25. The molecule has 1 heterocycles. The van der Waals surface area contributed by atoms with Crippen molar-refractivity contribution >= 4 is 6.09 Å². The zero-order chi connectivity index (χ0) is 17.3. The van der Waals surface area contributed by atoms with Gasteiger partial charge in [-0.2, -0.15) is 0 Å². The van der Waals surface area contributed by atoms with Crippen molar-refractivity contribution in [1.82, 2.24) is 10.6 Å². The van der Waals surface area contributed by atoms with Crippen molar-refractivity contribution in [2.24, 2.45) is 11.8 Å². The molecular weight excluding hydrogens is 292 g/mol. The Morgan fingerprint density at radius 1 is 1.26 bits per heavy atom. The van der Waals surface area contributed by atoms with Gasteiger partial charge in [0.25, 0.3) is 0 Å². The summed E-state index contributed by atoms with van der Waals surface area (Å²) in [5.74, 6) is 0.901. The largest absolute Gasteiger partial charge is 0.444 e. The number of hydrogen-bond acceptors (Lipinski definition) is 4. The third-order valence-corrected chi connectivity index (χ3v) is 4.17. The molecule has 23 heavy (non-hydrogen) atoms. The molecule has 1 saturated heterocycles. The van der Waals surface area contributed by atoms with Crippen LogP contribution in [0.3, 0.4) is 0 Å². The van der Waals surface area contributed by atoms with Crippen LogP contribution in [-0.2, 0) is 9.47 Å². The first-order chi connectivity index (χ1) is 10.8. The molecule has 0 aromatic rings. The topological polar surface area (TPSA) is 59.6 Å². The van der Waals surface area contributed by atoms with Crippen LogP contribution in [0.15, 0.2) is 0 Å². The molecule has 0 radical (unpaired) electrons. The number of amides is 1. The summed E-state index contributed by atoms with van der Waals surface area (Å²) in [6, 6.07) is 0. The summed E-state index contributed by atoms with van der Waals surface area (Å²) in [7, 11) is 0. The Balaban J connectivity index is 2.19. The average Bonchev–Trinajstić information content (AvgIpc) is 2.45. The summed E-state index contributed by atoms with van der Waals surface area (Å²) in [4.78, 5) is 11.8. The molecule has 0 bridgehead atoms. The van der Waals surface area contributed by atoms with Crippen LogP contribution >= 0.6 is 0 Å². The number of alkyl carbamates (subject to hydrolysis) is 1. The van der Waals surface area contributed by atoms with Gasteiger partial charge in [0.2, 0.25) is 0 Å². The highest BCUT2D eigenvalue weighted by atomic mass is 16.6. The number of hydrogen-bond donors (Lipinski definition) is 2. The second kappa shape index (κ2) is 10.1. The SMILES string of the molecule is CC(C)C(CNCCC1CCCCO1)CNC(=O)OC(C)(C)C. The van der Waals surface area contributed by atoms with Gasteiger partial charge < -0.3 is 20.1 Å². The average molecular weight is 328 g/mol. The lowest BCUT2D eigenvalue weighted by atomic mass is 9.95. The lowest BCUT2D eigenvalue weighted by molar-refractivity contribution is 0.0114. The molecule has 136 valence electrons. The van der Waals surface area contributed by atoms with Crippen molar-refractivity contribution in [3.8, 4) is 0 Å². The van der Waals surface area contributed by atoms with Gasteiger partial charge in [-0.25, -0.2) is 4.79 Å². The van der Waals surface area contributed by atoms with Crippen LogP contribution < -0.4 is 10.6 Å². The monoisotopic (exact) mass is 328 g/mol. The molecule has 5 nitrogen and oxygen atoms in total. The molecule has 0 aliphatic carbocycles. The first-order valence-corrected chi connectivity index (χ1v) is 9.07. The van der Waals surface area contributed by atoms with Crippen molar-refractivity contribution in [2.75, 3.05) is 26.2 Å². The molecular formula is C18H36N2O3. The van der Waals surface area contributed by atoms with Gasteiger partial charge in [0.05, 0.1) is 6.10 Å². The van der Waals surface area contributed by atoms with E-state index in [1.807, 2.05) is 20.8 Å². The van der Waals surface area contributed by atoms with Gasteiger partial charge in [-0.3, -0.25) is 0 Å². The maximum absolute atomic E-state index is 11.8. The lowest BCUT2D eigenvalue weighted by Crippen LogP contribution is -2.40. The molecule has 1 amide bonds. The van der Waals surface area contributed by atoms with E-state index in [2.05, 4.69) is 24.5 Å². The van der Waals surface area contributed by atoms with Gasteiger partial charge in [-0.15, -0.1) is 0 Å². The maximum atomic E-state index is 11.8. The van der Waals surface area contributed by atoms with Gasteiger partial charge >= 0.3 is 6.09 Å². The molecule has 0 spiro atoms. The van der Waals surface area contributed by atoms with Crippen molar-refractivity contribution in [2.45, 2.75) is 72.0 Å². The number of ether oxygens (including phenoxy) is 2. The van der Waals surface area contributed by atoms with E-state index in [1.54, 1.807) is 0 Å². The predicted octanol–water partition coefficient (Wildman–Crippen LogP) is 3.33. The maximum Gasteiger partial charge on any atom is 0.407 e.